The second kappa shape index (κ2) is 7.79. The van der Waals surface area contributed by atoms with Crippen LogP contribution in [0.25, 0.3) is 0 Å². The molecular formula is C17H25N7O2. The fraction of sp³-hybridized carbons (Fsp3) is 0.529. The number of anilines is 2. The van der Waals surface area contributed by atoms with E-state index in [9.17, 15) is 4.79 Å². The standard InChI is InChI=1S/C17H25N7O2/c1-11(12-5-6-16(25)22-21-12)19-13-9-24(10-14(13)26-4)15-7-8-18-17(20-15)23(2)3/h5-8,11,13-14,19H,9-10H2,1-4H3,(H,22,25)/t11?,13-,14+/m0/s1. The van der Waals surface area contributed by atoms with Crippen LogP contribution >= 0.6 is 0 Å². The van der Waals surface area contributed by atoms with Crippen LogP contribution in [-0.4, -0.2) is 66.6 Å². The lowest BCUT2D eigenvalue weighted by atomic mass is 10.1. The van der Waals surface area contributed by atoms with Crippen molar-refractivity contribution in [1.82, 2.24) is 25.5 Å². The van der Waals surface area contributed by atoms with Gasteiger partial charge < -0.3 is 19.9 Å². The van der Waals surface area contributed by atoms with Crippen LogP contribution in [0.15, 0.2) is 29.2 Å². The first-order chi connectivity index (χ1) is 12.5. The molecule has 0 saturated carbocycles. The van der Waals surface area contributed by atoms with Gasteiger partial charge in [0.2, 0.25) is 5.95 Å². The highest BCUT2D eigenvalue weighted by molar-refractivity contribution is 5.45. The lowest BCUT2D eigenvalue weighted by molar-refractivity contribution is 0.0936. The molecule has 140 valence electrons. The summed E-state index contributed by atoms with van der Waals surface area (Å²) in [6, 6.07) is 5.23. The third kappa shape index (κ3) is 4.00. The number of aromatic nitrogens is 4. The zero-order chi connectivity index (χ0) is 18.7. The van der Waals surface area contributed by atoms with Gasteiger partial charge in [-0.1, -0.05) is 0 Å². The summed E-state index contributed by atoms with van der Waals surface area (Å²) in [6.07, 6.45) is 1.80. The molecule has 1 unspecified atom stereocenters. The van der Waals surface area contributed by atoms with Gasteiger partial charge in [0.25, 0.3) is 5.56 Å². The van der Waals surface area contributed by atoms with Gasteiger partial charge in [0, 0.05) is 52.6 Å². The molecule has 1 fully saturated rings. The quantitative estimate of drug-likeness (QED) is 0.754. The summed E-state index contributed by atoms with van der Waals surface area (Å²) in [6.45, 7) is 3.52. The van der Waals surface area contributed by atoms with E-state index >= 15 is 0 Å². The molecule has 0 bridgehead atoms. The number of nitrogens with zero attached hydrogens (tertiary/aromatic N) is 5. The first-order valence-corrected chi connectivity index (χ1v) is 8.57. The van der Waals surface area contributed by atoms with Crippen molar-refractivity contribution < 1.29 is 4.74 Å². The van der Waals surface area contributed by atoms with Crippen LogP contribution in [0.5, 0.6) is 0 Å². The molecule has 0 spiro atoms. The first kappa shape index (κ1) is 18.3. The second-order valence-electron chi connectivity index (χ2n) is 6.63. The van der Waals surface area contributed by atoms with Gasteiger partial charge in [-0.3, -0.25) is 4.79 Å². The lowest BCUT2D eigenvalue weighted by Gasteiger charge is -2.22. The van der Waals surface area contributed by atoms with Crippen LogP contribution < -0.4 is 20.7 Å². The molecule has 26 heavy (non-hydrogen) atoms. The van der Waals surface area contributed by atoms with E-state index in [4.69, 9.17) is 4.74 Å². The summed E-state index contributed by atoms with van der Waals surface area (Å²) >= 11 is 0. The summed E-state index contributed by atoms with van der Waals surface area (Å²) < 4.78 is 5.67. The van der Waals surface area contributed by atoms with Crippen molar-refractivity contribution in [2.75, 3.05) is 44.1 Å². The molecule has 2 aromatic heterocycles. The van der Waals surface area contributed by atoms with Crippen molar-refractivity contribution >= 4 is 11.8 Å². The molecular weight excluding hydrogens is 334 g/mol. The molecule has 0 aromatic carbocycles. The van der Waals surface area contributed by atoms with Crippen LogP contribution in [0.4, 0.5) is 11.8 Å². The molecule has 1 aliphatic heterocycles. The lowest BCUT2D eigenvalue weighted by Crippen LogP contribution is -2.41. The van der Waals surface area contributed by atoms with Crippen molar-refractivity contribution in [3.8, 4) is 0 Å². The Labute approximate surface area is 152 Å². The minimum atomic E-state index is -0.205. The molecule has 3 heterocycles. The SMILES string of the molecule is CO[C@@H]1CN(c2ccnc(N(C)C)n2)C[C@@H]1NC(C)c1ccc(=O)[nH]n1. The zero-order valence-corrected chi connectivity index (χ0v) is 15.5. The van der Waals surface area contributed by atoms with Gasteiger partial charge in [-0.2, -0.15) is 10.1 Å². The highest BCUT2D eigenvalue weighted by atomic mass is 16.5. The van der Waals surface area contributed by atoms with Crippen molar-refractivity contribution in [2.24, 2.45) is 0 Å². The predicted molar refractivity (Wildman–Crippen MR) is 99.6 cm³/mol. The average Bonchev–Trinajstić information content (AvgIpc) is 3.05. The molecule has 1 aliphatic rings. The van der Waals surface area contributed by atoms with E-state index in [1.54, 1.807) is 19.4 Å². The number of H-pyrrole nitrogens is 1. The highest BCUT2D eigenvalue weighted by Gasteiger charge is 2.34. The van der Waals surface area contributed by atoms with Crippen LogP contribution in [0.1, 0.15) is 18.7 Å². The summed E-state index contributed by atoms with van der Waals surface area (Å²) in [7, 11) is 5.56. The molecule has 3 rings (SSSR count). The minimum absolute atomic E-state index is 0.0165. The molecule has 3 atom stereocenters. The van der Waals surface area contributed by atoms with E-state index in [-0.39, 0.29) is 23.7 Å². The van der Waals surface area contributed by atoms with E-state index in [0.29, 0.717) is 5.95 Å². The van der Waals surface area contributed by atoms with Gasteiger partial charge in [-0.05, 0) is 19.1 Å². The first-order valence-electron chi connectivity index (χ1n) is 8.57. The normalized spacial score (nSPS) is 21.0. The number of methoxy groups -OCH3 is 1. The van der Waals surface area contributed by atoms with Crippen LogP contribution in [0, 0.1) is 0 Å². The fourth-order valence-electron chi connectivity index (χ4n) is 3.09. The van der Waals surface area contributed by atoms with Gasteiger partial charge in [0.1, 0.15) is 5.82 Å². The summed E-state index contributed by atoms with van der Waals surface area (Å²) in [5, 5.41) is 10.1. The Kier molecular flexibility index (Phi) is 5.48. The summed E-state index contributed by atoms with van der Waals surface area (Å²) in [5.74, 6) is 1.56. The van der Waals surface area contributed by atoms with Crippen LogP contribution in [-0.2, 0) is 4.74 Å². The maximum Gasteiger partial charge on any atom is 0.264 e. The van der Waals surface area contributed by atoms with Crippen molar-refractivity contribution in [3.05, 3.63) is 40.4 Å². The van der Waals surface area contributed by atoms with E-state index in [2.05, 4.69) is 30.4 Å². The maximum atomic E-state index is 11.2. The van der Waals surface area contributed by atoms with Crippen molar-refractivity contribution in [3.63, 3.8) is 0 Å². The van der Waals surface area contributed by atoms with Gasteiger partial charge in [-0.15, -0.1) is 0 Å². The highest BCUT2D eigenvalue weighted by Crippen LogP contribution is 2.23. The monoisotopic (exact) mass is 359 g/mol. The Balaban J connectivity index is 1.71. The molecule has 2 aromatic rings. The zero-order valence-electron chi connectivity index (χ0n) is 15.5. The van der Waals surface area contributed by atoms with Gasteiger partial charge in [0.05, 0.1) is 17.8 Å². The minimum Gasteiger partial charge on any atom is -0.378 e. The molecule has 2 N–H and O–H groups in total. The van der Waals surface area contributed by atoms with Crippen molar-refractivity contribution in [2.45, 2.75) is 25.1 Å². The molecule has 9 nitrogen and oxygen atoms in total. The van der Waals surface area contributed by atoms with E-state index in [0.717, 1.165) is 24.6 Å². The number of ether oxygens (including phenoxy) is 1. The van der Waals surface area contributed by atoms with E-state index in [1.807, 2.05) is 32.0 Å². The van der Waals surface area contributed by atoms with Gasteiger partial charge in [0.15, 0.2) is 0 Å². The summed E-state index contributed by atoms with van der Waals surface area (Å²) in [5.41, 5.74) is 0.582. The number of aromatic amines is 1. The fourth-order valence-corrected chi connectivity index (χ4v) is 3.09. The average molecular weight is 359 g/mol. The largest absolute Gasteiger partial charge is 0.378 e. The van der Waals surface area contributed by atoms with Crippen LogP contribution in [0.3, 0.4) is 0 Å². The second-order valence-corrected chi connectivity index (χ2v) is 6.63. The van der Waals surface area contributed by atoms with Crippen molar-refractivity contribution in [1.29, 1.82) is 0 Å². The number of hydrogen-bond donors (Lipinski definition) is 2. The van der Waals surface area contributed by atoms with Gasteiger partial charge >= 0.3 is 0 Å². The van der Waals surface area contributed by atoms with E-state index < -0.39 is 0 Å². The smallest absolute Gasteiger partial charge is 0.264 e. The third-order valence-corrected chi connectivity index (χ3v) is 4.53. The Bertz CT molecular complexity index is 774. The Morgan fingerprint density at radius 2 is 2.15 bits per heavy atom. The molecule has 0 amide bonds. The predicted octanol–water partition coefficient (Wildman–Crippen LogP) is 0.180. The molecule has 0 aliphatic carbocycles. The van der Waals surface area contributed by atoms with E-state index in [1.165, 1.54) is 6.07 Å². The maximum absolute atomic E-state index is 11.2. The molecule has 9 heteroatoms. The Hall–Kier alpha value is -2.52. The number of nitrogens with one attached hydrogen (secondary N) is 2. The Morgan fingerprint density at radius 3 is 2.81 bits per heavy atom. The molecule has 1 saturated heterocycles. The topological polar surface area (TPSA) is 99.3 Å². The number of hydrogen-bond acceptors (Lipinski definition) is 8. The van der Waals surface area contributed by atoms with Gasteiger partial charge in [-0.25, -0.2) is 10.1 Å². The molecule has 0 radical (unpaired) electrons. The summed E-state index contributed by atoms with van der Waals surface area (Å²) in [4.78, 5) is 24.1. The number of rotatable bonds is 6. The third-order valence-electron chi connectivity index (χ3n) is 4.53. The Morgan fingerprint density at radius 1 is 1.35 bits per heavy atom. The van der Waals surface area contributed by atoms with Crippen LogP contribution in [0.2, 0.25) is 0 Å².